The number of nitrogens with zero attached hydrogens (tertiary/aromatic N) is 3. The first-order valence-electron chi connectivity index (χ1n) is 7.61. The third kappa shape index (κ3) is 2.62. The summed E-state index contributed by atoms with van der Waals surface area (Å²) in [6, 6.07) is 3.68. The molecule has 2 atom stereocenters. The van der Waals surface area contributed by atoms with Gasteiger partial charge in [-0.2, -0.15) is 0 Å². The second kappa shape index (κ2) is 5.94. The average molecular weight is 335 g/mol. The highest BCUT2D eigenvalue weighted by molar-refractivity contribution is 5.94. The smallest absolute Gasteiger partial charge is 0.270 e. The molecule has 2 aliphatic rings. The Morgan fingerprint density at radius 2 is 2.00 bits per heavy atom. The lowest BCUT2D eigenvalue weighted by molar-refractivity contribution is 0.0779. The van der Waals surface area contributed by atoms with E-state index in [4.69, 9.17) is 0 Å². The van der Waals surface area contributed by atoms with Crippen molar-refractivity contribution in [1.29, 1.82) is 0 Å². The summed E-state index contributed by atoms with van der Waals surface area (Å²) in [7, 11) is 0. The second-order valence-electron chi connectivity index (χ2n) is 6.30. The van der Waals surface area contributed by atoms with Gasteiger partial charge in [0.2, 0.25) is 0 Å². The van der Waals surface area contributed by atoms with E-state index in [1.54, 1.807) is 11.1 Å². The Hall–Kier alpha value is -1.92. The molecule has 6 nitrogen and oxygen atoms in total. The van der Waals surface area contributed by atoms with Gasteiger partial charge in [0, 0.05) is 38.6 Å². The van der Waals surface area contributed by atoms with E-state index >= 15 is 0 Å². The summed E-state index contributed by atoms with van der Waals surface area (Å²) >= 11 is 0. The normalized spacial score (nSPS) is 22.9. The number of nitrogens with one attached hydrogen (secondary N) is 1. The number of aromatic nitrogens is 2. The lowest BCUT2D eigenvalue weighted by Gasteiger charge is -2.17. The fourth-order valence-corrected chi connectivity index (χ4v) is 3.51. The number of aryl methyl sites for hydroxylation is 1. The van der Waals surface area contributed by atoms with Gasteiger partial charge in [0.15, 0.2) is 0 Å². The van der Waals surface area contributed by atoms with Crippen molar-refractivity contribution in [2.75, 3.05) is 26.2 Å². The first-order chi connectivity index (χ1) is 10.6. The molecule has 0 saturated carbocycles. The Labute approximate surface area is 139 Å². The van der Waals surface area contributed by atoms with E-state index in [-0.39, 0.29) is 29.4 Å². The van der Waals surface area contributed by atoms with E-state index in [0.717, 1.165) is 31.7 Å². The Bertz CT molecular complexity index is 807. The lowest BCUT2D eigenvalue weighted by Crippen LogP contribution is -2.36. The Balaban J connectivity index is 0.00000156. The Morgan fingerprint density at radius 3 is 2.70 bits per heavy atom. The van der Waals surface area contributed by atoms with Gasteiger partial charge < -0.3 is 10.2 Å². The number of fused-ring (bicyclic) bond motifs is 2. The Kier molecular flexibility index (Phi) is 4.12. The van der Waals surface area contributed by atoms with Crippen molar-refractivity contribution in [3.8, 4) is 0 Å². The first kappa shape index (κ1) is 16.0. The average Bonchev–Trinajstić information content (AvgIpc) is 3.08. The van der Waals surface area contributed by atoms with Crippen molar-refractivity contribution in [3.05, 3.63) is 46.0 Å². The molecule has 2 aromatic rings. The number of rotatable bonds is 1. The highest BCUT2D eigenvalue weighted by Crippen LogP contribution is 2.26. The van der Waals surface area contributed by atoms with Gasteiger partial charge in [-0.15, -0.1) is 12.4 Å². The van der Waals surface area contributed by atoms with E-state index in [2.05, 4.69) is 10.3 Å². The molecular formula is C16H19ClN4O2. The molecular weight excluding hydrogens is 316 g/mol. The van der Waals surface area contributed by atoms with Crippen LogP contribution in [0.4, 0.5) is 0 Å². The van der Waals surface area contributed by atoms with E-state index in [9.17, 15) is 9.59 Å². The van der Waals surface area contributed by atoms with E-state index in [1.807, 2.05) is 19.1 Å². The zero-order chi connectivity index (χ0) is 15.3. The lowest BCUT2D eigenvalue weighted by atomic mass is 10.0. The molecule has 2 saturated heterocycles. The second-order valence-corrected chi connectivity index (χ2v) is 6.30. The van der Waals surface area contributed by atoms with Crippen LogP contribution in [0.25, 0.3) is 5.65 Å². The summed E-state index contributed by atoms with van der Waals surface area (Å²) in [5.41, 5.74) is 1.48. The van der Waals surface area contributed by atoms with Gasteiger partial charge >= 0.3 is 0 Å². The molecule has 0 spiro atoms. The number of pyridine rings is 1. The van der Waals surface area contributed by atoms with Crippen LogP contribution < -0.4 is 10.9 Å². The monoisotopic (exact) mass is 334 g/mol. The molecule has 23 heavy (non-hydrogen) atoms. The highest BCUT2D eigenvalue weighted by Gasteiger charge is 2.38. The van der Waals surface area contributed by atoms with Crippen LogP contribution >= 0.6 is 12.4 Å². The SMILES string of the molecule is Cc1ccn2c(=O)c(C(=O)N3C[C@H]4CNC[C@H]4C3)cnc2c1.Cl. The summed E-state index contributed by atoms with van der Waals surface area (Å²) in [6.45, 7) is 5.33. The van der Waals surface area contributed by atoms with E-state index in [1.165, 1.54) is 10.6 Å². The standard InChI is InChI=1S/C16H18N4O2.ClH/c1-10-2-3-20-14(4-10)18-7-13(16(20)22)15(21)19-8-11-5-17-6-12(11)9-19;/h2-4,7,11-12,17H,5-6,8-9H2,1H3;1H/t11-,12+;. The fraction of sp³-hybridized carbons (Fsp3) is 0.438. The van der Waals surface area contributed by atoms with Crippen molar-refractivity contribution >= 4 is 24.0 Å². The maximum Gasteiger partial charge on any atom is 0.270 e. The van der Waals surface area contributed by atoms with Crippen molar-refractivity contribution < 1.29 is 4.79 Å². The van der Waals surface area contributed by atoms with Crippen LogP contribution in [-0.4, -0.2) is 46.4 Å². The van der Waals surface area contributed by atoms with Crippen LogP contribution in [0.2, 0.25) is 0 Å². The number of carbonyl (C=O) groups is 1. The van der Waals surface area contributed by atoms with Gasteiger partial charge in [-0.3, -0.25) is 14.0 Å². The van der Waals surface area contributed by atoms with Crippen molar-refractivity contribution in [3.63, 3.8) is 0 Å². The third-order valence-corrected chi connectivity index (χ3v) is 4.77. The van der Waals surface area contributed by atoms with Gasteiger partial charge in [0.1, 0.15) is 11.2 Å². The molecule has 0 bridgehead atoms. The predicted molar refractivity (Wildman–Crippen MR) is 89.2 cm³/mol. The predicted octanol–water partition coefficient (Wildman–Crippen LogP) is 0.716. The largest absolute Gasteiger partial charge is 0.338 e. The summed E-state index contributed by atoms with van der Waals surface area (Å²) < 4.78 is 1.44. The summed E-state index contributed by atoms with van der Waals surface area (Å²) in [5, 5.41) is 3.35. The van der Waals surface area contributed by atoms with Crippen LogP contribution in [0, 0.1) is 18.8 Å². The molecule has 0 unspecified atom stereocenters. The molecule has 0 aromatic carbocycles. The molecule has 122 valence electrons. The maximum atomic E-state index is 12.7. The van der Waals surface area contributed by atoms with Gasteiger partial charge in [-0.1, -0.05) is 0 Å². The van der Waals surface area contributed by atoms with Crippen LogP contribution in [0.1, 0.15) is 15.9 Å². The van der Waals surface area contributed by atoms with Gasteiger partial charge in [0.25, 0.3) is 11.5 Å². The van der Waals surface area contributed by atoms with Crippen molar-refractivity contribution in [2.24, 2.45) is 11.8 Å². The van der Waals surface area contributed by atoms with Gasteiger partial charge in [-0.05, 0) is 36.5 Å². The summed E-state index contributed by atoms with van der Waals surface area (Å²) in [6.07, 6.45) is 3.10. The molecule has 1 N–H and O–H groups in total. The summed E-state index contributed by atoms with van der Waals surface area (Å²) in [5.74, 6) is 0.840. The van der Waals surface area contributed by atoms with E-state index < -0.39 is 0 Å². The minimum absolute atomic E-state index is 0. The number of amides is 1. The number of carbonyl (C=O) groups excluding carboxylic acids is 1. The topological polar surface area (TPSA) is 66.7 Å². The summed E-state index contributed by atoms with van der Waals surface area (Å²) in [4.78, 5) is 31.3. The number of likely N-dealkylation sites (tertiary alicyclic amines) is 1. The number of hydrogen-bond acceptors (Lipinski definition) is 4. The number of halogens is 1. The molecule has 4 heterocycles. The minimum atomic E-state index is -0.287. The molecule has 2 aromatic heterocycles. The van der Waals surface area contributed by atoms with Crippen LogP contribution in [0.5, 0.6) is 0 Å². The highest BCUT2D eigenvalue weighted by atomic mass is 35.5. The molecule has 4 rings (SSSR count). The van der Waals surface area contributed by atoms with Crippen LogP contribution in [0.3, 0.4) is 0 Å². The molecule has 2 aliphatic heterocycles. The zero-order valence-electron chi connectivity index (χ0n) is 12.9. The van der Waals surface area contributed by atoms with Gasteiger partial charge in [-0.25, -0.2) is 4.98 Å². The third-order valence-electron chi connectivity index (χ3n) is 4.77. The van der Waals surface area contributed by atoms with Crippen molar-refractivity contribution in [1.82, 2.24) is 19.6 Å². The van der Waals surface area contributed by atoms with Gasteiger partial charge in [0.05, 0.1) is 0 Å². The molecule has 1 amide bonds. The zero-order valence-corrected chi connectivity index (χ0v) is 13.7. The molecule has 7 heteroatoms. The first-order valence-corrected chi connectivity index (χ1v) is 7.61. The number of hydrogen-bond donors (Lipinski definition) is 1. The maximum absolute atomic E-state index is 12.7. The molecule has 2 fully saturated rings. The molecule has 0 radical (unpaired) electrons. The minimum Gasteiger partial charge on any atom is -0.338 e. The Morgan fingerprint density at radius 1 is 1.30 bits per heavy atom. The molecule has 0 aliphatic carbocycles. The quantitative estimate of drug-likeness (QED) is 0.834. The fourth-order valence-electron chi connectivity index (χ4n) is 3.51. The van der Waals surface area contributed by atoms with Crippen LogP contribution in [0.15, 0.2) is 29.3 Å². The van der Waals surface area contributed by atoms with Crippen LogP contribution in [-0.2, 0) is 0 Å². The van der Waals surface area contributed by atoms with E-state index in [0.29, 0.717) is 17.5 Å². The van der Waals surface area contributed by atoms with Crippen molar-refractivity contribution in [2.45, 2.75) is 6.92 Å².